The number of piperazine rings is 1. The normalized spacial score (nSPS) is 29.5. The highest BCUT2D eigenvalue weighted by atomic mass is 35.5. The van der Waals surface area contributed by atoms with Crippen molar-refractivity contribution < 1.29 is 28.9 Å². The molecule has 4 aliphatic heterocycles. The molecular weight excluding hydrogens is 429 g/mol. The van der Waals surface area contributed by atoms with Crippen molar-refractivity contribution in [2.45, 2.75) is 50.8 Å². The summed E-state index contributed by atoms with van der Waals surface area (Å²) in [4.78, 5) is 29.2. The van der Waals surface area contributed by atoms with Gasteiger partial charge in [-0.25, -0.2) is 4.39 Å². The van der Waals surface area contributed by atoms with Crippen molar-refractivity contribution in [3.63, 3.8) is 0 Å². The number of benzene rings is 1. The Morgan fingerprint density at radius 3 is 2.97 bits per heavy atom. The second-order valence-electron chi connectivity index (χ2n) is 8.16. The average Bonchev–Trinajstić information content (AvgIpc) is 3.33. The highest BCUT2D eigenvalue weighted by Crippen LogP contribution is 2.47. The zero-order valence-corrected chi connectivity index (χ0v) is 17.4. The van der Waals surface area contributed by atoms with Crippen LogP contribution >= 0.6 is 11.6 Å². The third-order valence-corrected chi connectivity index (χ3v) is 6.56. The van der Waals surface area contributed by atoms with Gasteiger partial charge in [-0.15, -0.1) is 0 Å². The highest BCUT2D eigenvalue weighted by Gasteiger charge is 2.56. The van der Waals surface area contributed by atoms with Crippen LogP contribution in [0.15, 0.2) is 40.9 Å². The number of nitrogens with one attached hydrogen (secondary N) is 1. The summed E-state index contributed by atoms with van der Waals surface area (Å²) in [6.07, 6.45) is -1.24. The summed E-state index contributed by atoms with van der Waals surface area (Å²) in [7, 11) is 0. The first-order valence-corrected chi connectivity index (χ1v) is 10.5. The molecule has 4 atom stereocenters. The molecule has 3 fully saturated rings. The molecule has 164 valence electrons. The van der Waals surface area contributed by atoms with Crippen molar-refractivity contribution in [1.82, 2.24) is 15.1 Å². The third kappa shape index (κ3) is 2.95. The van der Waals surface area contributed by atoms with E-state index in [2.05, 4.69) is 5.32 Å². The fraction of sp³-hybridized carbons (Fsp3) is 0.429. The van der Waals surface area contributed by atoms with Crippen LogP contribution in [0.1, 0.15) is 25.3 Å². The van der Waals surface area contributed by atoms with Crippen LogP contribution in [0.2, 0.25) is 5.02 Å². The van der Waals surface area contributed by atoms with Gasteiger partial charge in [-0.2, -0.15) is 0 Å². The predicted octanol–water partition coefficient (Wildman–Crippen LogP) is 1.54. The number of nitrogens with zero attached hydrogens (tertiary/aromatic N) is 2. The Hall–Kier alpha value is -2.62. The van der Waals surface area contributed by atoms with Gasteiger partial charge >= 0.3 is 0 Å². The van der Waals surface area contributed by atoms with Crippen LogP contribution in [0.4, 0.5) is 4.39 Å². The lowest BCUT2D eigenvalue weighted by Crippen LogP contribution is -2.58. The Morgan fingerprint density at radius 2 is 2.19 bits per heavy atom. The quantitative estimate of drug-likeness (QED) is 0.647. The van der Waals surface area contributed by atoms with Crippen LogP contribution < -0.4 is 5.32 Å². The number of halogens is 2. The smallest absolute Gasteiger partial charge is 0.276 e. The summed E-state index contributed by atoms with van der Waals surface area (Å²) in [6.45, 7) is 2.12. The summed E-state index contributed by atoms with van der Waals surface area (Å²) in [5.41, 5.74) is 0.624. The number of carbonyl (C=O) groups excluding carboxylic acids is 2. The first-order chi connectivity index (χ1) is 14.8. The minimum atomic E-state index is -1.65. The Bertz CT molecular complexity index is 1060. The van der Waals surface area contributed by atoms with Gasteiger partial charge in [-0.05, 0) is 25.8 Å². The maximum Gasteiger partial charge on any atom is 0.276 e. The molecule has 10 heteroatoms. The van der Waals surface area contributed by atoms with E-state index in [1.54, 1.807) is 15.9 Å². The maximum absolute atomic E-state index is 14.1. The van der Waals surface area contributed by atoms with Gasteiger partial charge in [0, 0.05) is 24.4 Å². The SMILES string of the molecule is C[C@H]1CN2C(=O)C3=C(O)C(O)C(C(=O)NCc4cccc(Cl)c4F)=C4CC[C@H]([C@H]2O1)N43. The number of hydrogen-bond donors (Lipinski definition) is 3. The third-order valence-electron chi connectivity index (χ3n) is 6.27. The van der Waals surface area contributed by atoms with Crippen molar-refractivity contribution in [3.05, 3.63) is 57.3 Å². The number of hydrogen-bond acceptors (Lipinski definition) is 6. The molecule has 0 aliphatic carbocycles. The lowest BCUT2D eigenvalue weighted by Gasteiger charge is -2.44. The van der Waals surface area contributed by atoms with Gasteiger partial charge in [0.2, 0.25) is 0 Å². The van der Waals surface area contributed by atoms with E-state index in [4.69, 9.17) is 16.3 Å². The zero-order chi connectivity index (χ0) is 22.0. The largest absolute Gasteiger partial charge is 0.507 e. The van der Waals surface area contributed by atoms with Crippen molar-refractivity contribution in [2.24, 2.45) is 0 Å². The van der Waals surface area contributed by atoms with E-state index in [0.29, 0.717) is 25.1 Å². The minimum absolute atomic E-state index is 0.00335. The van der Waals surface area contributed by atoms with Crippen molar-refractivity contribution >= 4 is 23.4 Å². The molecule has 0 radical (unpaired) electrons. The average molecular weight is 450 g/mol. The van der Waals surface area contributed by atoms with Crippen molar-refractivity contribution in [1.29, 1.82) is 0 Å². The van der Waals surface area contributed by atoms with Gasteiger partial charge in [0.1, 0.15) is 17.6 Å². The van der Waals surface area contributed by atoms with E-state index < -0.39 is 35.7 Å². The Labute approximate surface area is 182 Å². The lowest BCUT2D eigenvalue weighted by molar-refractivity contribution is -0.144. The van der Waals surface area contributed by atoms with E-state index in [1.807, 2.05) is 6.92 Å². The van der Waals surface area contributed by atoms with E-state index in [9.17, 15) is 24.2 Å². The number of amides is 2. The first-order valence-electron chi connectivity index (χ1n) is 10.1. The lowest BCUT2D eigenvalue weighted by atomic mass is 9.96. The number of rotatable bonds is 3. The number of aliphatic hydroxyl groups excluding tert-OH is 2. The predicted molar refractivity (Wildman–Crippen MR) is 107 cm³/mol. The molecule has 4 heterocycles. The van der Waals surface area contributed by atoms with Crippen LogP contribution in [0.5, 0.6) is 0 Å². The standard InChI is InChI=1S/C21H21ClFN3O5/c1-9-8-25-20(30)16-18(28)17(27)14(12-5-6-13(26(12)16)21(25)31-9)19(29)24-7-10-3-2-4-11(22)15(10)23/h2-4,9,13,17,21,27-28H,5-8H2,1H3,(H,24,29)/t9-,13+,17?,21+/m0/s1. The molecule has 0 aromatic heterocycles. The van der Waals surface area contributed by atoms with Crippen LogP contribution in [0, 0.1) is 5.82 Å². The second kappa shape index (κ2) is 7.22. The van der Waals surface area contributed by atoms with Crippen LogP contribution in [0.3, 0.4) is 0 Å². The first kappa shape index (κ1) is 20.3. The van der Waals surface area contributed by atoms with Gasteiger partial charge < -0.3 is 30.1 Å². The minimum Gasteiger partial charge on any atom is -0.507 e. The van der Waals surface area contributed by atoms with Crippen LogP contribution in [-0.2, 0) is 20.9 Å². The summed E-state index contributed by atoms with van der Waals surface area (Å²) in [5, 5.41) is 23.9. The van der Waals surface area contributed by atoms with E-state index >= 15 is 0 Å². The van der Waals surface area contributed by atoms with E-state index in [1.165, 1.54) is 12.1 Å². The number of allylic oxidation sites excluding steroid dienone is 1. The molecule has 4 aliphatic rings. The number of aliphatic hydroxyl groups is 2. The molecule has 2 amide bonds. The molecule has 31 heavy (non-hydrogen) atoms. The molecule has 8 nitrogen and oxygen atoms in total. The van der Waals surface area contributed by atoms with Crippen LogP contribution in [-0.4, -0.2) is 62.8 Å². The van der Waals surface area contributed by atoms with Gasteiger partial charge in [0.15, 0.2) is 12.0 Å². The van der Waals surface area contributed by atoms with Crippen molar-refractivity contribution in [3.8, 4) is 0 Å². The molecule has 3 N–H and O–H groups in total. The summed E-state index contributed by atoms with van der Waals surface area (Å²) in [6, 6.07) is 4.22. The second-order valence-corrected chi connectivity index (χ2v) is 8.57. The highest BCUT2D eigenvalue weighted by molar-refractivity contribution is 6.30. The molecule has 1 aromatic rings. The van der Waals surface area contributed by atoms with Gasteiger partial charge in [-0.1, -0.05) is 23.7 Å². The molecule has 1 unspecified atom stereocenters. The van der Waals surface area contributed by atoms with Gasteiger partial charge in [-0.3, -0.25) is 9.59 Å². The summed E-state index contributed by atoms with van der Waals surface area (Å²) >= 11 is 5.79. The fourth-order valence-corrected chi connectivity index (χ4v) is 5.10. The molecule has 3 saturated heterocycles. The molecule has 1 aromatic carbocycles. The molecular formula is C21H21ClFN3O5. The Balaban J connectivity index is 1.46. The van der Waals surface area contributed by atoms with E-state index in [-0.39, 0.29) is 40.5 Å². The summed E-state index contributed by atoms with van der Waals surface area (Å²) in [5.74, 6) is -2.27. The molecule has 5 rings (SSSR count). The van der Waals surface area contributed by atoms with Gasteiger partial charge in [0.25, 0.3) is 11.8 Å². The zero-order valence-electron chi connectivity index (χ0n) is 16.6. The van der Waals surface area contributed by atoms with Crippen LogP contribution in [0.25, 0.3) is 0 Å². The fourth-order valence-electron chi connectivity index (χ4n) is 4.91. The topological polar surface area (TPSA) is 102 Å². The summed E-state index contributed by atoms with van der Waals surface area (Å²) < 4.78 is 20.1. The monoisotopic (exact) mass is 449 g/mol. The molecule has 0 spiro atoms. The molecule has 0 saturated carbocycles. The number of ether oxygens (including phenoxy) is 1. The van der Waals surface area contributed by atoms with E-state index in [0.717, 1.165) is 0 Å². The Kier molecular flexibility index (Phi) is 4.72. The number of fused-ring (bicyclic) bond motifs is 2. The van der Waals surface area contributed by atoms with Gasteiger partial charge in [0.05, 0.1) is 22.7 Å². The maximum atomic E-state index is 14.1. The Morgan fingerprint density at radius 1 is 1.42 bits per heavy atom. The number of carbonyl (C=O) groups is 2. The van der Waals surface area contributed by atoms with Crippen molar-refractivity contribution in [2.75, 3.05) is 6.54 Å². The molecule has 0 bridgehead atoms.